The first-order chi connectivity index (χ1) is 13.1. The second-order valence-corrected chi connectivity index (χ2v) is 7.19. The van der Waals surface area contributed by atoms with Crippen LogP contribution in [0.3, 0.4) is 0 Å². The lowest BCUT2D eigenvalue weighted by molar-refractivity contribution is 0.398. The minimum Gasteiger partial charge on any atom is -0.495 e. The van der Waals surface area contributed by atoms with Crippen molar-refractivity contribution in [3.05, 3.63) is 72.8 Å². The largest absolute Gasteiger partial charge is 0.495 e. The molecule has 4 rings (SSSR count). The van der Waals surface area contributed by atoms with E-state index in [0.29, 0.717) is 16.7 Å². The van der Waals surface area contributed by atoms with Gasteiger partial charge >= 0.3 is 10.1 Å². The SMILES string of the molecule is COc1ccccc1S(=O)(=O)Oc1ccccc1-c1nc2ccccc2o1. The zero-order valence-electron chi connectivity index (χ0n) is 14.3. The molecule has 0 amide bonds. The Hall–Kier alpha value is -3.32. The first-order valence-electron chi connectivity index (χ1n) is 8.11. The number of methoxy groups -OCH3 is 1. The van der Waals surface area contributed by atoms with Crippen LogP contribution >= 0.6 is 0 Å². The lowest BCUT2D eigenvalue weighted by Gasteiger charge is -2.12. The summed E-state index contributed by atoms with van der Waals surface area (Å²) < 4.78 is 41.9. The summed E-state index contributed by atoms with van der Waals surface area (Å²) in [5.74, 6) is 0.605. The molecule has 0 atom stereocenters. The Morgan fingerprint density at radius 3 is 2.30 bits per heavy atom. The van der Waals surface area contributed by atoms with E-state index in [0.717, 1.165) is 0 Å². The predicted molar refractivity (Wildman–Crippen MR) is 100 cm³/mol. The number of rotatable bonds is 5. The molecule has 6 nitrogen and oxygen atoms in total. The van der Waals surface area contributed by atoms with E-state index in [-0.39, 0.29) is 22.3 Å². The molecule has 4 aromatic rings. The number of fused-ring (bicyclic) bond motifs is 1. The minimum absolute atomic E-state index is 0.0557. The van der Waals surface area contributed by atoms with Crippen LogP contribution in [0.1, 0.15) is 0 Å². The maximum absolute atomic E-state index is 12.8. The molecule has 0 saturated carbocycles. The quantitative estimate of drug-likeness (QED) is 0.480. The molecule has 0 radical (unpaired) electrons. The van der Waals surface area contributed by atoms with Crippen LogP contribution < -0.4 is 8.92 Å². The molecule has 0 fully saturated rings. The van der Waals surface area contributed by atoms with Crippen molar-refractivity contribution < 1.29 is 21.8 Å². The number of aromatic nitrogens is 1. The van der Waals surface area contributed by atoms with Gasteiger partial charge in [0.25, 0.3) is 0 Å². The molecule has 1 heterocycles. The number of hydrogen-bond donors (Lipinski definition) is 0. The molecule has 136 valence electrons. The second-order valence-electron chi connectivity index (χ2n) is 5.67. The van der Waals surface area contributed by atoms with E-state index in [1.807, 2.05) is 18.2 Å². The number of nitrogens with zero attached hydrogens (tertiary/aromatic N) is 1. The van der Waals surface area contributed by atoms with E-state index in [9.17, 15) is 8.42 Å². The first-order valence-corrected chi connectivity index (χ1v) is 9.52. The highest BCUT2D eigenvalue weighted by molar-refractivity contribution is 7.87. The summed E-state index contributed by atoms with van der Waals surface area (Å²) in [5, 5.41) is 0. The van der Waals surface area contributed by atoms with Crippen molar-refractivity contribution in [2.24, 2.45) is 0 Å². The normalized spacial score (nSPS) is 11.4. The highest BCUT2D eigenvalue weighted by Gasteiger charge is 2.24. The summed E-state index contributed by atoms with van der Waals surface area (Å²) in [4.78, 5) is 4.36. The van der Waals surface area contributed by atoms with Crippen LogP contribution in [0.5, 0.6) is 11.5 Å². The number of ether oxygens (including phenoxy) is 1. The van der Waals surface area contributed by atoms with Crippen LogP contribution in [-0.4, -0.2) is 20.5 Å². The van der Waals surface area contributed by atoms with Gasteiger partial charge in [0, 0.05) is 0 Å². The molecular formula is C20H15NO5S. The molecule has 0 saturated heterocycles. The summed E-state index contributed by atoms with van der Waals surface area (Å²) in [5.41, 5.74) is 1.72. The molecule has 0 aliphatic carbocycles. The lowest BCUT2D eigenvalue weighted by atomic mass is 10.2. The molecule has 0 bridgehead atoms. The number of benzene rings is 3. The fourth-order valence-corrected chi connectivity index (χ4v) is 3.81. The first kappa shape index (κ1) is 17.1. The number of para-hydroxylation sites is 4. The van der Waals surface area contributed by atoms with Gasteiger partial charge in [-0.05, 0) is 36.4 Å². The molecule has 0 unspecified atom stereocenters. The molecule has 0 aliphatic rings. The smallest absolute Gasteiger partial charge is 0.342 e. The Bertz CT molecular complexity index is 1180. The van der Waals surface area contributed by atoms with Crippen LogP contribution in [0, 0.1) is 0 Å². The van der Waals surface area contributed by atoms with Crippen molar-refractivity contribution in [1.82, 2.24) is 4.98 Å². The Labute approximate surface area is 156 Å². The van der Waals surface area contributed by atoms with E-state index < -0.39 is 10.1 Å². The maximum atomic E-state index is 12.8. The van der Waals surface area contributed by atoms with Crippen molar-refractivity contribution in [2.75, 3.05) is 7.11 Å². The molecule has 27 heavy (non-hydrogen) atoms. The molecule has 7 heteroatoms. The molecular weight excluding hydrogens is 366 g/mol. The number of hydrogen-bond acceptors (Lipinski definition) is 6. The summed E-state index contributed by atoms with van der Waals surface area (Å²) in [6.07, 6.45) is 0. The van der Waals surface area contributed by atoms with E-state index in [2.05, 4.69) is 4.98 Å². The van der Waals surface area contributed by atoms with Crippen LogP contribution in [0.15, 0.2) is 82.1 Å². The zero-order valence-corrected chi connectivity index (χ0v) is 15.1. The van der Waals surface area contributed by atoms with E-state index in [4.69, 9.17) is 13.3 Å². The van der Waals surface area contributed by atoms with Crippen LogP contribution in [-0.2, 0) is 10.1 Å². The fraction of sp³-hybridized carbons (Fsp3) is 0.0500. The highest BCUT2D eigenvalue weighted by atomic mass is 32.2. The fourth-order valence-electron chi connectivity index (χ4n) is 2.69. The third-order valence-corrected chi connectivity index (χ3v) is 5.22. The van der Waals surface area contributed by atoms with Gasteiger partial charge in [0.15, 0.2) is 11.3 Å². The average molecular weight is 381 g/mol. The van der Waals surface area contributed by atoms with Crippen LogP contribution in [0.4, 0.5) is 0 Å². The zero-order chi connectivity index (χ0) is 18.9. The van der Waals surface area contributed by atoms with E-state index in [1.54, 1.807) is 48.5 Å². The Morgan fingerprint density at radius 1 is 0.852 bits per heavy atom. The number of oxazole rings is 1. The van der Waals surface area contributed by atoms with Gasteiger partial charge in [-0.2, -0.15) is 8.42 Å². The summed E-state index contributed by atoms with van der Waals surface area (Å²) in [7, 11) is -2.71. The minimum atomic E-state index is -4.11. The predicted octanol–water partition coefficient (Wildman–Crippen LogP) is 4.27. The Morgan fingerprint density at radius 2 is 1.52 bits per heavy atom. The second kappa shape index (κ2) is 6.77. The monoisotopic (exact) mass is 381 g/mol. The average Bonchev–Trinajstić information content (AvgIpc) is 3.12. The lowest BCUT2D eigenvalue weighted by Crippen LogP contribution is -2.11. The van der Waals surface area contributed by atoms with Crippen molar-refractivity contribution in [1.29, 1.82) is 0 Å². The van der Waals surface area contributed by atoms with Gasteiger partial charge in [0.2, 0.25) is 5.89 Å². The van der Waals surface area contributed by atoms with Gasteiger partial charge in [-0.3, -0.25) is 0 Å². The molecule has 0 aliphatic heterocycles. The van der Waals surface area contributed by atoms with Crippen LogP contribution in [0.2, 0.25) is 0 Å². The highest BCUT2D eigenvalue weighted by Crippen LogP contribution is 2.34. The van der Waals surface area contributed by atoms with Crippen molar-refractivity contribution in [3.8, 4) is 23.0 Å². The Balaban J connectivity index is 1.77. The summed E-state index contributed by atoms with van der Waals surface area (Å²) in [6, 6.07) is 20.3. The topological polar surface area (TPSA) is 78.6 Å². The van der Waals surface area contributed by atoms with Gasteiger partial charge in [0.05, 0.1) is 12.7 Å². The van der Waals surface area contributed by atoms with Crippen molar-refractivity contribution >= 4 is 21.2 Å². The summed E-state index contributed by atoms with van der Waals surface area (Å²) >= 11 is 0. The van der Waals surface area contributed by atoms with Crippen LogP contribution in [0.25, 0.3) is 22.6 Å². The maximum Gasteiger partial charge on any atom is 0.342 e. The van der Waals surface area contributed by atoms with Gasteiger partial charge in [-0.15, -0.1) is 0 Å². The summed E-state index contributed by atoms with van der Waals surface area (Å²) in [6.45, 7) is 0. The van der Waals surface area contributed by atoms with Crippen molar-refractivity contribution in [2.45, 2.75) is 4.90 Å². The van der Waals surface area contributed by atoms with Gasteiger partial charge in [-0.25, -0.2) is 4.98 Å². The molecule has 1 aromatic heterocycles. The Kier molecular flexibility index (Phi) is 4.29. The van der Waals surface area contributed by atoms with Gasteiger partial charge < -0.3 is 13.3 Å². The van der Waals surface area contributed by atoms with E-state index >= 15 is 0 Å². The van der Waals surface area contributed by atoms with Gasteiger partial charge in [-0.1, -0.05) is 36.4 Å². The molecule has 3 aromatic carbocycles. The third kappa shape index (κ3) is 3.24. The standard InChI is InChI=1S/C20H15NO5S/c1-24-18-12-6-7-13-19(18)27(22,23)26-16-10-4-2-8-14(16)20-21-15-9-3-5-11-17(15)25-20/h2-13H,1H3. The van der Waals surface area contributed by atoms with Crippen molar-refractivity contribution in [3.63, 3.8) is 0 Å². The molecule has 0 spiro atoms. The molecule has 0 N–H and O–H groups in total. The third-order valence-electron chi connectivity index (χ3n) is 3.95. The van der Waals surface area contributed by atoms with E-state index in [1.165, 1.54) is 13.2 Å². The van der Waals surface area contributed by atoms with Gasteiger partial charge in [0.1, 0.15) is 16.2 Å².